The Kier molecular flexibility index (Phi) is 9.48. The van der Waals surface area contributed by atoms with Crippen molar-refractivity contribution in [1.82, 2.24) is 25.3 Å². The first-order valence-electron chi connectivity index (χ1n) is 19.2. The standard InChI is InChI=1S/C43H43ClN6O7/c1-42(2)40(43(3,4)41(42)57-29-8-7-26(19-45)32(44)18-29)47-36(53)25-6-5-23-11-13-49(14-12-24(23)15-25)35(52)22-48-20-27-16-30-31(17-28(27)21-48)39(56)50(38(30)55)33-9-10-34(51)46-37(33)54/h5-8,15-18,33,40-41H,9-14,20-22H2,1-4H3,(H,47,53)(H,46,51,54). The van der Waals surface area contributed by atoms with Crippen LogP contribution in [0.25, 0.3) is 0 Å². The molecule has 1 unspecified atom stereocenters. The monoisotopic (exact) mass is 790 g/mol. The van der Waals surface area contributed by atoms with Gasteiger partial charge in [-0.2, -0.15) is 5.26 Å². The van der Waals surface area contributed by atoms with E-state index in [0.29, 0.717) is 60.9 Å². The Morgan fingerprint density at radius 3 is 2.14 bits per heavy atom. The molecule has 8 rings (SSSR count). The smallest absolute Gasteiger partial charge is 0.262 e. The Labute approximate surface area is 335 Å². The van der Waals surface area contributed by atoms with Crippen LogP contribution in [0.1, 0.15) is 99.4 Å². The summed E-state index contributed by atoms with van der Waals surface area (Å²) in [5.41, 5.74) is 4.44. The van der Waals surface area contributed by atoms with Gasteiger partial charge in [0.15, 0.2) is 0 Å². The number of nitriles is 1. The lowest BCUT2D eigenvalue weighted by Crippen LogP contribution is -2.74. The van der Waals surface area contributed by atoms with E-state index in [1.54, 1.807) is 30.3 Å². The molecule has 2 N–H and O–H groups in total. The summed E-state index contributed by atoms with van der Waals surface area (Å²) in [7, 11) is 0. The van der Waals surface area contributed by atoms with Gasteiger partial charge in [0.25, 0.3) is 17.7 Å². The van der Waals surface area contributed by atoms with Gasteiger partial charge < -0.3 is 15.0 Å². The molecule has 294 valence electrons. The Morgan fingerprint density at radius 2 is 1.53 bits per heavy atom. The second-order valence-electron chi connectivity index (χ2n) is 16.9. The van der Waals surface area contributed by atoms with Crippen molar-refractivity contribution in [3.8, 4) is 11.8 Å². The van der Waals surface area contributed by atoms with Gasteiger partial charge in [-0.3, -0.25) is 43.9 Å². The molecule has 0 bridgehead atoms. The molecule has 5 aliphatic rings. The second kappa shape index (κ2) is 14.1. The molecule has 0 spiro atoms. The molecule has 14 heteroatoms. The molecule has 4 heterocycles. The molecule has 0 aromatic heterocycles. The van der Waals surface area contributed by atoms with Crippen molar-refractivity contribution in [2.24, 2.45) is 10.8 Å². The van der Waals surface area contributed by atoms with Crippen molar-refractivity contribution in [3.63, 3.8) is 0 Å². The molecule has 1 saturated carbocycles. The molecule has 13 nitrogen and oxygen atoms in total. The maximum atomic E-state index is 13.7. The number of rotatable bonds is 7. The SMILES string of the molecule is CC1(C)C(NC(=O)c2ccc3c(c2)CCN(C(=O)CN2Cc4cc5c(cc4C2)C(=O)N(C2CCC(=O)NC2=O)C5=O)CC3)C(C)(C)C1Oc1ccc(C#N)c(Cl)c1. The molecule has 1 aliphatic carbocycles. The van der Waals surface area contributed by atoms with Crippen LogP contribution in [0.3, 0.4) is 0 Å². The number of nitrogens with zero attached hydrogens (tertiary/aromatic N) is 4. The zero-order chi connectivity index (χ0) is 40.6. The van der Waals surface area contributed by atoms with Gasteiger partial charge in [0.05, 0.1) is 28.3 Å². The van der Waals surface area contributed by atoms with Crippen molar-refractivity contribution in [1.29, 1.82) is 5.26 Å². The molecule has 0 radical (unpaired) electrons. The quantitative estimate of drug-likeness (QED) is 0.334. The van der Waals surface area contributed by atoms with E-state index in [2.05, 4.69) is 44.4 Å². The van der Waals surface area contributed by atoms with E-state index in [9.17, 15) is 34.0 Å². The minimum Gasteiger partial charge on any atom is -0.489 e. The van der Waals surface area contributed by atoms with Crippen molar-refractivity contribution in [2.75, 3.05) is 19.6 Å². The van der Waals surface area contributed by atoms with Crippen molar-refractivity contribution in [3.05, 3.63) is 98.1 Å². The summed E-state index contributed by atoms with van der Waals surface area (Å²) in [5, 5.41) is 15.0. The van der Waals surface area contributed by atoms with Gasteiger partial charge in [-0.15, -0.1) is 0 Å². The minimum absolute atomic E-state index is 0.0215. The van der Waals surface area contributed by atoms with Crippen LogP contribution in [0.2, 0.25) is 5.02 Å². The zero-order valence-corrected chi connectivity index (χ0v) is 33.0. The molecule has 1 atom stereocenters. The van der Waals surface area contributed by atoms with Gasteiger partial charge in [0.1, 0.15) is 24.0 Å². The zero-order valence-electron chi connectivity index (χ0n) is 32.2. The highest BCUT2D eigenvalue weighted by molar-refractivity contribution is 6.31. The van der Waals surface area contributed by atoms with Gasteiger partial charge >= 0.3 is 0 Å². The second-order valence-corrected chi connectivity index (χ2v) is 17.3. The molecule has 3 aromatic rings. The normalized spacial score (nSPS) is 23.4. The summed E-state index contributed by atoms with van der Waals surface area (Å²) < 4.78 is 6.38. The predicted molar refractivity (Wildman–Crippen MR) is 207 cm³/mol. The molecule has 3 aromatic carbocycles. The Balaban J connectivity index is 0.864. The number of carbonyl (C=O) groups is 6. The first kappa shape index (κ1) is 38.3. The van der Waals surface area contributed by atoms with Crippen LogP contribution in [0.15, 0.2) is 48.5 Å². The third-order valence-corrected chi connectivity index (χ3v) is 12.8. The average molecular weight is 791 g/mol. The molecule has 57 heavy (non-hydrogen) atoms. The number of fused-ring (bicyclic) bond motifs is 3. The van der Waals surface area contributed by atoms with E-state index in [1.807, 2.05) is 28.0 Å². The Hall–Kier alpha value is -5.58. The van der Waals surface area contributed by atoms with E-state index in [-0.39, 0.29) is 54.5 Å². The van der Waals surface area contributed by atoms with E-state index in [4.69, 9.17) is 16.3 Å². The van der Waals surface area contributed by atoms with Crippen LogP contribution < -0.4 is 15.4 Å². The lowest BCUT2D eigenvalue weighted by Gasteiger charge is -2.63. The topological polar surface area (TPSA) is 169 Å². The number of amides is 6. The Bertz CT molecular complexity index is 2270. The van der Waals surface area contributed by atoms with Crippen LogP contribution in [0.4, 0.5) is 0 Å². The number of halogens is 1. The number of benzene rings is 3. The molecule has 1 saturated heterocycles. The highest BCUT2D eigenvalue weighted by Gasteiger charge is 2.64. The fourth-order valence-electron chi connectivity index (χ4n) is 9.77. The van der Waals surface area contributed by atoms with E-state index < -0.39 is 40.5 Å². The number of ether oxygens (including phenoxy) is 1. The summed E-state index contributed by atoms with van der Waals surface area (Å²) in [5.74, 6) is -1.79. The molecule has 4 aliphatic heterocycles. The maximum absolute atomic E-state index is 13.7. The molecular weight excluding hydrogens is 748 g/mol. The molecule has 2 fully saturated rings. The number of hydrogen-bond donors (Lipinski definition) is 2. The highest BCUT2D eigenvalue weighted by atomic mass is 35.5. The third kappa shape index (κ3) is 6.64. The van der Waals surface area contributed by atoms with Gasteiger partial charge in [0.2, 0.25) is 17.7 Å². The lowest BCUT2D eigenvalue weighted by atomic mass is 9.49. The van der Waals surface area contributed by atoms with E-state index in [1.165, 1.54) is 0 Å². The molecule has 6 amide bonds. The number of carbonyl (C=O) groups excluding carboxylic acids is 6. The first-order valence-corrected chi connectivity index (χ1v) is 19.6. The number of imide groups is 2. The minimum atomic E-state index is -1.02. The van der Waals surface area contributed by atoms with Crippen LogP contribution in [0, 0.1) is 22.2 Å². The fourth-order valence-corrected chi connectivity index (χ4v) is 9.98. The van der Waals surface area contributed by atoms with Crippen LogP contribution >= 0.6 is 11.6 Å². The number of piperidine rings is 1. The average Bonchev–Trinajstić information content (AvgIpc) is 3.56. The van der Waals surface area contributed by atoms with E-state index in [0.717, 1.165) is 27.2 Å². The van der Waals surface area contributed by atoms with Crippen molar-refractivity contribution >= 4 is 47.0 Å². The fraction of sp³-hybridized carbons (Fsp3) is 0.419. The van der Waals surface area contributed by atoms with Crippen LogP contribution in [0.5, 0.6) is 5.75 Å². The number of nitrogens with one attached hydrogen (secondary N) is 2. The largest absolute Gasteiger partial charge is 0.489 e. The predicted octanol–water partition coefficient (Wildman–Crippen LogP) is 4.17. The third-order valence-electron chi connectivity index (χ3n) is 12.5. The molecular formula is C43H43ClN6O7. The van der Waals surface area contributed by atoms with Crippen molar-refractivity contribution in [2.45, 2.75) is 84.7 Å². The highest BCUT2D eigenvalue weighted by Crippen LogP contribution is 2.55. The summed E-state index contributed by atoms with van der Waals surface area (Å²) in [6.07, 6.45) is 1.19. The van der Waals surface area contributed by atoms with Gasteiger partial charge in [-0.05, 0) is 77.9 Å². The maximum Gasteiger partial charge on any atom is 0.262 e. The lowest BCUT2D eigenvalue weighted by molar-refractivity contribution is -0.164. The van der Waals surface area contributed by atoms with Crippen LogP contribution in [-0.4, -0.2) is 88.0 Å². The van der Waals surface area contributed by atoms with E-state index >= 15 is 0 Å². The van der Waals surface area contributed by atoms with Gasteiger partial charge in [-0.25, -0.2) is 0 Å². The summed E-state index contributed by atoms with van der Waals surface area (Å²) in [6, 6.07) is 15.0. The van der Waals surface area contributed by atoms with Crippen molar-refractivity contribution < 1.29 is 33.5 Å². The van der Waals surface area contributed by atoms with Crippen LogP contribution in [-0.2, 0) is 40.3 Å². The van der Waals surface area contributed by atoms with Gasteiger partial charge in [0, 0.05) is 61.1 Å². The summed E-state index contributed by atoms with van der Waals surface area (Å²) in [4.78, 5) is 82.9. The summed E-state index contributed by atoms with van der Waals surface area (Å²) >= 11 is 6.25. The number of hydrogen-bond acceptors (Lipinski definition) is 9. The first-order chi connectivity index (χ1) is 27.1. The summed E-state index contributed by atoms with van der Waals surface area (Å²) in [6.45, 7) is 10.4. The van der Waals surface area contributed by atoms with Gasteiger partial charge in [-0.1, -0.05) is 45.4 Å². The Morgan fingerprint density at radius 1 is 0.877 bits per heavy atom.